The highest BCUT2D eigenvalue weighted by molar-refractivity contribution is 5.28. The van der Waals surface area contributed by atoms with Gasteiger partial charge < -0.3 is 9.88 Å². The Morgan fingerprint density at radius 1 is 1.27 bits per heavy atom. The van der Waals surface area contributed by atoms with Gasteiger partial charge in [-0.25, -0.2) is 4.98 Å². The van der Waals surface area contributed by atoms with Crippen LogP contribution in [-0.2, 0) is 13.1 Å². The van der Waals surface area contributed by atoms with Gasteiger partial charge in [0.15, 0.2) is 0 Å². The van der Waals surface area contributed by atoms with Gasteiger partial charge in [0, 0.05) is 37.9 Å². The van der Waals surface area contributed by atoms with E-state index in [1.165, 1.54) is 5.56 Å². The Balaban J connectivity index is 1.99. The van der Waals surface area contributed by atoms with Crippen LogP contribution in [0, 0.1) is 0 Å². The lowest BCUT2D eigenvalue weighted by Crippen LogP contribution is -2.06. The zero-order valence-corrected chi connectivity index (χ0v) is 8.72. The third kappa shape index (κ3) is 2.34. The van der Waals surface area contributed by atoms with Crippen LogP contribution >= 0.6 is 0 Å². The summed E-state index contributed by atoms with van der Waals surface area (Å²) in [5, 5.41) is 3.28. The van der Waals surface area contributed by atoms with Crippen molar-refractivity contribution in [1.82, 2.24) is 14.5 Å². The van der Waals surface area contributed by atoms with Crippen molar-refractivity contribution >= 4 is 5.95 Å². The van der Waals surface area contributed by atoms with E-state index in [-0.39, 0.29) is 0 Å². The van der Waals surface area contributed by atoms with Crippen molar-refractivity contribution in [2.24, 2.45) is 0 Å². The minimum absolute atomic E-state index is 0.777. The van der Waals surface area contributed by atoms with Gasteiger partial charge in [-0.3, -0.25) is 4.98 Å². The highest BCUT2D eigenvalue weighted by Gasteiger charge is 1.99. The topological polar surface area (TPSA) is 42.7 Å². The summed E-state index contributed by atoms with van der Waals surface area (Å²) in [5.74, 6) is 0.911. The Hall–Kier alpha value is -1.84. The maximum Gasteiger partial charge on any atom is 0.203 e. The minimum atomic E-state index is 0.777. The zero-order valence-electron chi connectivity index (χ0n) is 8.72. The van der Waals surface area contributed by atoms with E-state index in [0.717, 1.165) is 19.0 Å². The third-order valence-electron chi connectivity index (χ3n) is 2.26. The van der Waals surface area contributed by atoms with Gasteiger partial charge in [-0.05, 0) is 24.6 Å². The first-order valence-corrected chi connectivity index (χ1v) is 5.04. The predicted molar refractivity (Wildman–Crippen MR) is 59.5 cm³/mol. The van der Waals surface area contributed by atoms with Crippen molar-refractivity contribution in [2.45, 2.75) is 20.0 Å². The molecule has 2 rings (SSSR count). The minimum Gasteiger partial charge on any atom is -0.352 e. The largest absolute Gasteiger partial charge is 0.352 e. The zero-order chi connectivity index (χ0) is 10.5. The van der Waals surface area contributed by atoms with Crippen LogP contribution in [0.1, 0.15) is 12.5 Å². The van der Waals surface area contributed by atoms with E-state index < -0.39 is 0 Å². The Kier molecular flexibility index (Phi) is 2.97. The first-order chi connectivity index (χ1) is 7.40. The molecule has 0 spiro atoms. The monoisotopic (exact) mass is 202 g/mol. The van der Waals surface area contributed by atoms with Gasteiger partial charge in [0.2, 0.25) is 5.95 Å². The molecule has 2 aromatic heterocycles. The molecule has 0 aromatic carbocycles. The predicted octanol–water partition coefficient (Wildman–Crippen LogP) is 1.91. The average Bonchev–Trinajstić information content (AvgIpc) is 2.75. The standard InChI is InChI=1S/C11H14N4/c1-2-15-8-7-13-11(15)14-9-10-3-5-12-6-4-10/h3-8H,2,9H2,1H3,(H,13,14). The van der Waals surface area contributed by atoms with E-state index in [1.54, 1.807) is 18.6 Å². The van der Waals surface area contributed by atoms with E-state index >= 15 is 0 Å². The van der Waals surface area contributed by atoms with E-state index in [4.69, 9.17) is 0 Å². The quantitative estimate of drug-likeness (QED) is 0.823. The van der Waals surface area contributed by atoms with Gasteiger partial charge >= 0.3 is 0 Å². The molecule has 2 heterocycles. The number of hydrogen-bond donors (Lipinski definition) is 1. The molecular weight excluding hydrogens is 188 g/mol. The molecule has 0 radical (unpaired) electrons. The fourth-order valence-corrected chi connectivity index (χ4v) is 1.41. The van der Waals surface area contributed by atoms with Gasteiger partial charge in [0.25, 0.3) is 0 Å². The Morgan fingerprint density at radius 2 is 2.07 bits per heavy atom. The molecule has 0 bridgehead atoms. The summed E-state index contributed by atoms with van der Waals surface area (Å²) < 4.78 is 2.07. The molecule has 4 heteroatoms. The number of nitrogens with zero attached hydrogens (tertiary/aromatic N) is 3. The summed E-state index contributed by atoms with van der Waals surface area (Å²) >= 11 is 0. The molecule has 78 valence electrons. The molecule has 0 aliphatic rings. The first-order valence-electron chi connectivity index (χ1n) is 5.04. The highest BCUT2D eigenvalue weighted by Crippen LogP contribution is 2.06. The maximum absolute atomic E-state index is 4.24. The van der Waals surface area contributed by atoms with Crippen molar-refractivity contribution in [3.05, 3.63) is 42.5 Å². The van der Waals surface area contributed by atoms with Crippen LogP contribution in [0.15, 0.2) is 36.9 Å². The summed E-state index contributed by atoms with van der Waals surface area (Å²) in [6.45, 7) is 3.80. The van der Waals surface area contributed by atoms with Crippen LogP contribution in [0.25, 0.3) is 0 Å². The molecule has 0 saturated heterocycles. The molecule has 0 aliphatic heterocycles. The molecule has 0 aliphatic carbocycles. The van der Waals surface area contributed by atoms with E-state index in [0.29, 0.717) is 0 Å². The fourth-order valence-electron chi connectivity index (χ4n) is 1.41. The molecular formula is C11H14N4. The van der Waals surface area contributed by atoms with Gasteiger partial charge in [0.1, 0.15) is 0 Å². The van der Waals surface area contributed by atoms with Gasteiger partial charge in [-0.1, -0.05) is 0 Å². The van der Waals surface area contributed by atoms with Gasteiger partial charge in [0.05, 0.1) is 0 Å². The molecule has 0 unspecified atom stereocenters. The summed E-state index contributed by atoms with van der Waals surface area (Å²) in [6, 6.07) is 3.98. The number of anilines is 1. The van der Waals surface area contributed by atoms with Crippen LogP contribution < -0.4 is 5.32 Å². The lowest BCUT2D eigenvalue weighted by molar-refractivity contribution is 0.763. The van der Waals surface area contributed by atoms with Crippen molar-refractivity contribution in [1.29, 1.82) is 0 Å². The number of nitrogens with one attached hydrogen (secondary N) is 1. The number of aromatic nitrogens is 3. The second kappa shape index (κ2) is 4.59. The van der Waals surface area contributed by atoms with E-state index in [2.05, 4.69) is 26.8 Å². The maximum atomic E-state index is 4.24. The molecule has 2 aromatic rings. The van der Waals surface area contributed by atoms with E-state index in [1.807, 2.05) is 18.3 Å². The van der Waals surface area contributed by atoms with Crippen molar-refractivity contribution in [2.75, 3.05) is 5.32 Å². The SMILES string of the molecule is CCn1ccnc1NCc1ccncc1. The Labute approximate surface area is 89.0 Å². The molecule has 15 heavy (non-hydrogen) atoms. The van der Waals surface area contributed by atoms with Crippen LogP contribution in [0.5, 0.6) is 0 Å². The number of rotatable bonds is 4. The van der Waals surface area contributed by atoms with Crippen LogP contribution in [0.3, 0.4) is 0 Å². The summed E-state index contributed by atoms with van der Waals surface area (Å²) in [4.78, 5) is 8.21. The van der Waals surface area contributed by atoms with Crippen LogP contribution in [0.2, 0.25) is 0 Å². The third-order valence-corrected chi connectivity index (χ3v) is 2.26. The van der Waals surface area contributed by atoms with Gasteiger partial charge in [-0.15, -0.1) is 0 Å². The Morgan fingerprint density at radius 3 is 2.80 bits per heavy atom. The van der Waals surface area contributed by atoms with Crippen LogP contribution in [-0.4, -0.2) is 14.5 Å². The molecule has 0 atom stereocenters. The highest BCUT2D eigenvalue weighted by atomic mass is 15.2. The van der Waals surface area contributed by atoms with Gasteiger partial charge in [-0.2, -0.15) is 0 Å². The lowest BCUT2D eigenvalue weighted by Gasteiger charge is -2.07. The summed E-state index contributed by atoms with van der Waals surface area (Å²) in [6.07, 6.45) is 7.36. The smallest absolute Gasteiger partial charge is 0.203 e. The summed E-state index contributed by atoms with van der Waals surface area (Å²) in [7, 11) is 0. The second-order valence-corrected chi connectivity index (χ2v) is 3.25. The molecule has 1 N–H and O–H groups in total. The fraction of sp³-hybridized carbons (Fsp3) is 0.273. The molecule has 0 fully saturated rings. The van der Waals surface area contributed by atoms with E-state index in [9.17, 15) is 0 Å². The number of imidazole rings is 1. The lowest BCUT2D eigenvalue weighted by atomic mass is 10.3. The normalized spacial score (nSPS) is 10.2. The molecule has 0 amide bonds. The average molecular weight is 202 g/mol. The Bertz CT molecular complexity index is 408. The number of aryl methyl sites for hydroxylation is 1. The van der Waals surface area contributed by atoms with Crippen molar-refractivity contribution in [3.8, 4) is 0 Å². The van der Waals surface area contributed by atoms with Crippen molar-refractivity contribution in [3.63, 3.8) is 0 Å². The second-order valence-electron chi connectivity index (χ2n) is 3.25. The van der Waals surface area contributed by atoms with Crippen molar-refractivity contribution < 1.29 is 0 Å². The number of hydrogen-bond acceptors (Lipinski definition) is 3. The molecule has 4 nitrogen and oxygen atoms in total. The van der Waals surface area contributed by atoms with Crippen LogP contribution in [0.4, 0.5) is 5.95 Å². The number of pyridine rings is 1. The molecule has 0 saturated carbocycles. The first kappa shape index (κ1) is 9.71. The summed E-state index contributed by atoms with van der Waals surface area (Å²) in [5.41, 5.74) is 1.20.